The fraction of sp³-hybridized carbons (Fsp3) is 0.500. The average molecular weight is 376 g/mol. The lowest BCUT2D eigenvalue weighted by Gasteiger charge is -2.31. The van der Waals surface area contributed by atoms with Gasteiger partial charge in [0.15, 0.2) is 0 Å². The van der Waals surface area contributed by atoms with E-state index in [2.05, 4.69) is 15.1 Å². The van der Waals surface area contributed by atoms with Crippen LogP contribution in [-0.2, 0) is 17.1 Å². The van der Waals surface area contributed by atoms with Crippen LogP contribution in [0, 0.1) is 25.2 Å². The number of sulfonamides is 1. The molecule has 1 fully saturated rings. The predicted molar refractivity (Wildman–Crippen MR) is 91.8 cm³/mol. The maximum absolute atomic E-state index is 13.1. The molecule has 1 saturated heterocycles. The fourth-order valence-corrected chi connectivity index (χ4v) is 5.03. The Morgan fingerprint density at radius 3 is 2.69 bits per heavy atom. The third-order valence-corrected chi connectivity index (χ3v) is 6.55. The third-order valence-electron chi connectivity index (χ3n) is 4.43. The minimum Gasteiger partial charge on any atom is -0.471 e. The normalized spacial score (nSPS) is 18.5. The molecule has 0 unspecified atom stereocenters. The Labute approximate surface area is 152 Å². The van der Waals surface area contributed by atoms with Crippen molar-refractivity contribution in [3.63, 3.8) is 0 Å². The molecule has 138 valence electrons. The van der Waals surface area contributed by atoms with Gasteiger partial charge in [-0.25, -0.2) is 18.4 Å². The summed E-state index contributed by atoms with van der Waals surface area (Å²) in [5.74, 6) is 0.132. The van der Waals surface area contributed by atoms with Crippen LogP contribution in [0.4, 0.5) is 0 Å². The predicted octanol–water partition coefficient (Wildman–Crippen LogP) is 0.931. The molecule has 0 saturated carbocycles. The number of rotatable bonds is 4. The van der Waals surface area contributed by atoms with Crippen LogP contribution >= 0.6 is 0 Å². The summed E-state index contributed by atoms with van der Waals surface area (Å²) in [4.78, 5) is 8.19. The van der Waals surface area contributed by atoms with Gasteiger partial charge in [-0.2, -0.15) is 14.7 Å². The number of hydrogen-bond donors (Lipinski definition) is 0. The largest absolute Gasteiger partial charge is 0.471 e. The van der Waals surface area contributed by atoms with Gasteiger partial charge >= 0.3 is 0 Å². The van der Waals surface area contributed by atoms with Gasteiger partial charge in [0.2, 0.25) is 15.7 Å². The molecule has 0 bridgehead atoms. The van der Waals surface area contributed by atoms with Crippen LogP contribution in [0.3, 0.4) is 0 Å². The molecule has 2 aromatic rings. The highest BCUT2D eigenvalue weighted by Crippen LogP contribution is 2.27. The van der Waals surface area contributed by atoms with Gasteiger partial charge in [-0.05, 0) is 26.7 Å². The molecule has 0 N–H and O–H groups in total. The first-order chi connectivity index (χ1) is 12.3. The molecule has 10 heteroatoms. The number of ether oxygens (including phenoxy) is 1. The minimum absolute atomic E-state index is 0.0893. The second-order valence-electron chi connectivity index (χ2n) is 6.19. The summed E-state index contributed by atoms with van der Waals surface area (Å²) in [6.45, 7) is 4.04. The van der Waals surface area contributed by atoms with Crippen molar-refractivity contribution in [1.82, 2.24) is 24.1 Å². The van der Waals surface area contributed by atoms with E-state index in [1.165, 1.54) is 16.7 Å². The minimum atomic E-state index is -3.67. The maximum atomic E-state index is 13.1. The van der Waals surface area contributed by atoms with Crippen molar-refractivity contribution in [3.05, 3.63) is 29.5 Å². The second-order valence-corrected chi connectivity index (χ2v) is 8.07. The Hall–Kier alpha value is -2.51. The van der Waals surface area contributed by atoms with Crippen molar-refractivity contribution in [3.8, 4) is 11.9 Å². The van der Waals surface area contributed by atoms with Gasteiger partial charge in [-0.1, -0.05) is 0 Å². The molecule has 26 heavy (non-hydrogen) atoms. The average Bonchev–Trinajstić information content (AvgIpc) is 2.88. The standard InChI is InChI=1S/C16H20N6O3S/c1-11-15(12(2)21(3)20-11)26(23,24)22-8-4-5-13(10-22)25-16-14(9-17)18-6-7-19-16/h6-7,13H,4-5,8,10H2,1-3H3/t13-/m0/s1. The molecule has 0 spiro atoms. The molecule has 1 aliphatic rings. The van der Waals surface area contributed by atoms with Gasteiger partial charge in [-0.3, -0.25) is 4.68 Å². The van der Waals surface area contributed by atoms with Crippen LogP contribution in [0.5, 0.6) is 5.88 Å². The SMILES string of the molecule is Cc1nn(C)c(C)c1S(=O)(=O)N1CCC[C@H](Oc2nccnc2C#N)C1. The zero-order valence-corrected chi connectivity index (χ0v) is 15.7. The van der Waals surface area contributed by atoms with Crippen LogP contribution in [0.2, 0.25) is 0 Å². The number of hydrogen-bond acceptors (Lipinski definition) is 7. The first kappa shape index (κ1) is 18.3. The van der Waals surface area contributed by atoms with Crippen molar-refractivity contribution < 1.29 is 13.2 Å². The zero-order valence-electron chi connectivity index (χ0n) is 14.9. The van der Waals surface area contributed by atoms with E-state index in [1.807, 2.05) is 6.07 Å². The van der Waals surface area contributed by atoms with E-state index < -0.39 is 10.0 Å². The lowest BCUT2D eigenvalue weighted by Crippen LogP contribution is -2.44. The van der Waals surface area contributed by atoms with Gasteiger partial charge in [0, 0.05) is 26.0 Å². The van der Waals surface area contributed by atoms with Crippen molar-refractivity contribution in [2.24, 2.45) is 7.05 Å². The summed E-state index contributed by atoms with van der Waals surface area (Å²) in [5.41, 5.74) is 1.17. The first-order valence-corrected chi connectivity index (χ1v) is 9.66. The molecule has 3 heterocycles. The molecule has 0 aromatic carbocycles. The summed E-state index contributed by atoms with van der Waals surface area (Å²) in [7, 11) is -1.95. The van der Waals surface area contributed by atoms with Gasteiger partial charge in [-0.15, -0.1) is 0 Å². The topological polar surface area (TPSA) is 114 Å². The second kappa shape index (κ2) is 7.01. The van der Waals surface area contributed by atoms with Crippen molar-refractivity contribution in [2.75, 3.05) is 13.1 Å². The lowest BCUT2D eigenvalue weighted by atomic mass is 10.1. The molecule has 0 amide bonds. The van der Waals surface area contributed by atoms with Crippen LogP contribution < -0.4 is 4.74 Å². The fourth-order valence-electron chi connectivity index (χ4n) is 3.12. The van der Waals surface area contributed by atoms with Crippen LogP contribution in [0.25, 0.3) is 0 Å². The smallest absolute Gasteiger partial charge is 0.251 e. The van der Waals surface area contributed by atoms with Gasteiger partial charge in [0.25, 0.3) is 5.88 Å². The van der Waals surface area contributed by atoms with Gasteiger partial charge in [0.1, 0.15) is 17.1 Å². The van der Waals surface area contributed by atoms with Gasteiger partial charge in [0.05, 0.1) is 17.9 Å². The first-order valence-electron chi connectivity index (χ1n) is 8.22. The van der Waals surface area contributed by atoms with Crippen molar-refractivity contribution >= 4 is 10.0 Å². The number of aryl methyl sites for hydroxylation is 2. The molecule has 1 aliphatic heterocycles. The molecule has 3 rings (SSSR count). The van der Waals surface area contributed by atoms with Crippen LogP contribution in [0.1, 0.15) is 29.9 Å². The van der Waals surface area contributed by atoms with E-state index in [9.17, 15) is 8.42 Å². The Bertz CT molecular complexity index is 963. The van der Waals surface area contributed by atoms with E-state index in [0.717, 1.165) is 0 Å². The molecule has 0 radical (unpaired) electrons. The Balaban J connectivity index is 1.83. The van der Waals surface area contributed by atoms with E-state index in [0.29, 0.717) is 30.8 Å². The molecular formula is C16H20N6O3S. The Morgan fingerprint density at radius 1 is 1.31 bits per heavy atom. The van der Waals surface area contributed by atoms with Crippen molar-refractivity contribution in [1.29, 1.82) is 5.26 Å². The summed E-state index contributed by atoms with van der Waals surface area (Å²) in [5, 5.41) is 13.3. The zero-order chi connectivity index (χ0) is 18.9. The third kappa shape index (κ3) is 3.27. The molecule has 0 aliphatic carbocycles. The van der Waals surface area contributed by atoms with E-state index >= 15 is 0 Å². The number of nitriles is 1. The van der Waals surface area contributed by atoms with Crippen LogP contribution in [0.15, 0.2) is 17.3 Å². The number of aromatic nitrogens is 4. The van der Waals surface area contributed by atoms with E-state index in [1.54, 1.807) is 25.6 Å². The summed E-state index contributed by atoms with van der Waals surface area (Å²) < 4.78 is 35.0. The summed E-state index contributed by atoms with van der Waals surface area (Å²) >= 11 is 0. The Morgan fingerprint density at radius 2 is 2.04 bits per heavy atom. The number of nitrogens with zero attached hydrogens (tertiary/aromatic N) is 6. The van der Waals surface area contributed by atoms with E-state index in [-0.39, 0.29) is 29.1 Å². The maximum Gasteiger partial charge on any atom is 0.251 e. The molecule has 2 aromatic heterocycles. The summed E-state index contributed by atoms with van der Waals surface area (Å²) in [6, 6.07) is 1.93. The summed E-state index contributed by atoms with van der Waals surface area (Å²) in [6.07, 6.45) is 3.80. The highest BCUT2D eigenvalue weighted by molar-refractivity contribution is 7.89. The van der Waals surface area contributed by atoms with Crippen LogP contribution in [-0.4, -0.2) is 51.7 Å². The lowest BCUT2D eigenvalue weighted by molar-refractivity contribution is 0.124. The van der Waals surface area contributed by atoms with Gasteiger partial charge < -0.3 is 4.74 Å². The number of piperidine rings is 1. The molecule has 9 nitrogen and oxygen atoms in total. The Kier molecular flexibility index (Phi) is 4.93. The molecule has 1 atom stereocenters. The quantitative estimate of drug-likeness (QED) is 0.780. The monoisotopic (exact) mass is 376 g/mol. The van der Waals surface area contributed by atoms with Crippen molar-refractivity contribution in [2.45, 2.75) is 37.7 Å². The highest BCUT2D eigenvalue weighted by Gasteiger charge is 2.35. The highest BCUT2D eigenvalue weighted by atomic mass is 32.2. The van der Waals surface area contributed by atoms with E-state index in [4.69, 9.17) is 10.00 Å². The molecular weight excluding hydrogens is 356 g/mol.